The van der Waals surface area contributed by atoms with Gasteiger partial charge in [0.25, 0.3) is 0 Å². The van der Waals surface area contributed by atoms with Gasteiger partial charge in [-0.1, -0.05) is 6.92 Å². The molecule has 1 aromatic heterocycles. The second kappa shape index (κ2) is 3.88. The van der Waals surface area contributed by atoms with Gasteiger partial charge >= 0.3 is 5.97 Å². The zero-order chi connectivity index (χ0) is 10.8. The fourth-order valence-corrected chi connectivity index (χ4v) is 1.48. The number of carbonyl (C=O) groups excluding carboxylic acids is 2. The Balaban J connectivity index is 1.79. The number of ether oxygens (including phenoxy) is 1. The highest BCUT2D eigenvalue weighted by atomic mass is 16.5. The maximum absolute atomic E-state index is 11.4. The average Bonchev–Trinajstić information content (AvgIpc) is 2.75. The molecule has 0 unspecified atom stereocenters. The van der Waals surface area contributed by atoms with Gasteiger partial charge in [-0.25, -0.2) is 0 Å². The Labute approximate surface area is 87.6 Å². The first-order chi connectivity index (χ1) is 7.18. The molecule has 1 fully saturated rings. The van der Waals surface area contributed by atoms with Gasteiger partial charge < -0.3 is 9.72 Å². The van der Waals surface area contributed by atoms with Crippen molar-refractivity contribution in [1.82, 2.24) is 4.98 Å². The summed E-state index contributed by atoms with van der Waals surface area (Å²) in [5.74, 6) is -0.0106. The van der Waals surface area contributed by atoms with Crippen LogP contribution in [-0.2, 0) is 9.53 Å². The lowest BCUT2D eigenvalue weighted by Gasteiger charge is -2.01. The highest BCUT2D eigenvalue weighted by Crippen LogP contribution is 2.38. The molecule has 2 atom stereocenters. The third-order valence-corrected chi connectivity index (χ3v) is 2.66. The van der Waals surface area contributed by atoms with Gasteiger partial charge in [-0.3, -0.25) is 9.59 Å². The standard InChI is InChI=1S/C11H13NO3/c1-7-5-8(7)11(14)15-6-10(13)9-3-2-4-12-9/h2-4,7-8,12H,5-6H2,1H3/t7-,8-/m0/s1. The minimum absolute atomic E-state index is 0.0152. The molecule has 0 radical (unpaired) electrons. The summed E-state index contributed by atoms with van der Waals surface area (Å²) < 4.78 is 4.91. The molecule has 0 spiro atoms. The van der Waals surface area contributed by atoms with E-state index in [1.54, 1.807) is 18.3 Å². The largest absolute Gasteiger partial charge is 0.457 e. The number of carbonyl (C=O) groups is 2. The molecule has 4 nitrogen and oxygen atoms in total. The number of ketones is 1. The number of hydrogen-bond donors (Lipinski definition) is 1. The van der Waals surface area contributed by atoms with Gasteiger partial charge in [-0.05, 0) is 24.5 Å². The highest BCUT2D eigenvalue weighted by molar-refractivity contribution is 5.96. The molecule has 1 aromatic rings. The molecule has 0 aromatic carbocycles. The van der Waals surface area contributed by atoms with Crippen LogP contribution in [0.15, 0.2) is 18.3 Å². The predicted octanol–water partition coefficient (Wildman–Crippen LogP) is 1.40. The number of hydrogen-bond acceptors (Lipinski definition) is 3. The van der Waals surface area contributed by atoms with E-state index in [4.69, 9.17) is 4.74 Å². The zero-order valence-corrected chi connectivity index (χ0v) is 8.53. The van der Waals surface area contributed by atoms with Crippen LogP contribution in [-0.4, -0.2) is 23.3 Å². The van der Waals surface area contributed by atoms with Crippen LogP contribution in [0.5, 0.6) is 0 Å². The van der Waals surface area contributed by atoms with E-state index in [0.29, 0.717) is 11.6 Å². The summed E-state index contributed by atoms with van der Waals surface area (Å²) in [6, 6.07) is 3.40. The molecule has 1 N–H and O–H groups in total. The van der Waals surface area contributed by atoms with Crippen molar-refractivity contribution in [1.29, 1.82) is 0 Å². The first-order valence-corrected chi connectivity index (χ1v) is 5.01. The quantitative estimate of drug-likeness (QED) is 0.599. The van der Waals surface area contributed by atoms with Crippen molar-refractivity contribution in [2.75, 3.05) is 6.61 Å². The van der Waals surface area contributed by atoms with Gasteiger partial charge in [0.1, 0.15) is 0 Å². The van der Waals surface area contributed by atoms with E-state index in [1.165, 1.54) is 0 Å². The minimum atomic E-state index is -0.248. The van der Waals surface area contributed by atoms with Crippen molar-refractivity contribution in [2.24, 2.45) is 11.8 Å². The van der Waals surface area contributed by atoms with E-state index in [-0.39, 0.29) is 24.3 Å². The summed E-state index contributed by atoms with van der Waals surface area (Å²) in [5, 5.41) is 0. The number of aromatic nitrogens is 1. The molecule has 1 aliphatic carbocycles. The third kappa shape index (κ3) is 2.26. The Kier molecular flexibility index (Phi) is 2.58. The van der Waals surface area contributed by atoms with Gasteiger partial charge in [0.05, 0.1) is 11.6 Å². The SMILES string of the molecule is C[C@H]1C[C@@H]1C(=O)OCC(=O)c1ccc[nH]1. The fourth-order valence-electron chi connectivity index (χ4n) is 1.48. The summed E-state index contributed by atoms with van der Waals surface area (Å²) in [4.78, 5) is 25.5. The lowest BCUT2D eigenvalue weighted by molar-refractivity contribution is -0.144. The predicted molar refractivity (Wildman–Crippen MR) is 53.4 cm³/mol. The van der Waals surface area contributed by atoms with Crippen molar-refractivity contribution < 1.29 is 14.3 Å². The van der Waals surface area contributed by atoms with Crippen LogP contribution in [0.2, 0.25) is 0 Å². The van der Waals surface area contributed by atoms with Crippen LogP contribution in [0, 0.1) is 11.8 Å². The molecule has 15 heavy (non-hydrogen) atoms. The maximum Gasteiger partial charge on any atom is 0.309 e. The van der Waals surface area contributed by atoms with Crippen LogP contribution < -0.4 is 0 Å². The minimum Gasteiger partial charge on any atom is -0.457 e. The van der Waals surface area contributed by atoms with E-state index in [0.717, 1.165) is 6.42 Å². The molecule has 80 valence electrons. The molecule has 0 amide bonds. The number of H-pyrrole nitrogens is 1. The average molecular weight is 207 g/mol. The van der Waals surface area contributed by atoms with Gasteiger partial charge in [-0.15, -0.1) is 0 Å². The Morgan fingerprint density at radius 2 is 2.33 bits per heavy atom. The van der Waals surface area contributed by atoms with Crippen LogP contribution >= 0.6 is 0 Å². The van der Waals surface area contributed by atoms with Crippen LogP contribution in [0.1, 0.15) is 23.8 Å². The monoisotopic (exact) mass is 207 g/mol. The second-order valence-electron chi connectivity index (χ2n) is 3.93. The first-order valence-electron chi connectivity index (χ1n) is 5.01. The Morgan fingerprint density at radius 1 is 1.60 bits per heavy atom. The molecular formula is C11H13NO3. The Morgan fingerprint density at radius 3 is 2.87 bits per heavy atom. The summed E-state index contributed by atoms with van der Waals surface area (Å²) in [5.41, 5.74) is 0.478. The first kappa shape index (κ1) is 9.96. The third-order valence-electron chi connectivity index (χ3n) is 2.66. The van der Waals surface area contributed by atoms with E-state index in [1.807, 2.05) is 6.92 Å². The summed E-state index contributed by atoms with van der Waals surface area (Å²) in [6.07, 6.45) is 2.55. The number of esters is 1. The molecule has 0 aliphatic heterocycles. The molecule has 4 heteroatoms. The number of aromatic amines is 1. The van der Waals surface area contributed by atoms with E-state index in [2.05, 4.69) is 4.98 Å². The zero-order valence-electron chi connectivity index (χ0n) is 8.53. The Bertz CT molecular complexity index is 369. The lowest BCUT2D eigenvalue weighted by atomic mass is 10.3. The maximum atomic E-state index is 11.4. The van der Waals surface area contributed by atoms with Crippen LogP contribution in [0.4, 0.5) is 0 Å². The number of nitrogens with one attached hydrogen (secondary N) is 1. The summed E-state index contributed by atoms with van der Waals surface area (Å²) in [6.45, 7) is 1.83. The molecular weight excluding hydrogens is 194 g/mol. The van der Waals surface area contributed by atoms with Gasteiger partial charge in [0.15, 0.2) is 6.61 Å². The smallest absolute Gasteiger partial charge is 0.309 e. The normalized spacial score (nSPS) is 23.5. The Hall–Kier alpha value is -1.58. The van der Waals surface area contributed by atoms with E-state index < -0.39 is 0 Å². The van der Waals surface area contributed by atoms with E-state index >= 15 is 0 Å². The summed E-state index contributed by atoms with van der Waals surface area (Å²) >= 11 is 0. The van der Waals surface area contributed by atoms with Crippen molar-refractivity contribution >= 4 is 11.8 Å². The van der Waals surface area contributed by atoms with Crippen molar-refractivity contribution in [3.05, 3.63) is 24.0 Å². The molecule has 1 heterocycles. The van der Waals surface area contributed by atoms with Gasteiger partial charge in [-0.2, -0.15) is 0 Å². The lowest BCUT2D eigenvalue weighted by Crippen LogP contribution is -2.15. The van der Waals surface area contributed by atoms with Crippen molar-refractivity contribution in [2.45, 2.75) is 13.3 Å². The molecule has 1 saturated carbocycles. The fraction of sp³-hybridized carbons (Fsp3) is 0.455. The van der Waals surface area contributed by atoms with Gasteiger partial charge in [0, 0.05) is 6.20 Å². The van der Waals surface area contributed by atoms with E-state index in [9.17, 15) is 9.59 Å². The number of rotatable bonds is 4. The van der Waals surface area contributed by atoms with Crippen molar-refractivity contribution in [3.63, 3.8) is 0 Å². The van der Waals surface area contributed by atoms with Crippen LogP contribution in [0.3, 0.4) is 0 Å². The second-order valence-corrected chi connectivity index (χ2v) is 3.93. The summed E-state index contributed by atoms with van der Waals surface area (Å²) in [7, 11) is 0. The van der Waals surface area contributed by atoms with Gasteiger partial charge in [0.2, 0.25) is 5.78 Å². The highest BCUT2D eigenvalue weighted by Gasteiger charge is 2.40. The molecule has 1 aliphatic rings. The number of Topliss-reactive ketones (excluding diaryl/α,β-unsaturated/α-hetero) is 1. The molecule has 2 rings (SSSR count). The molecule has 0 saturated heterocycles. The topological polar surface area (TPSA) is 59.2 Å². The van der Waals surface area contributed by atoms with Crippen LogP contribution in [0.25, 0.3) is 0 Å². The van der Waals surface area contributed by atoms with Crippen molar-refractivity contribution in [3.8, 4) is 0 Å². The molecule has 0 bridgehead atoms.